The van der Waals surface area contributed by atoms with E-state index in [1.54, 1.807) is 4.68 Å². The summed E-state index contributed by atoms with van der Waals surface area (Å²) < 4.78 is 12.5. The van der Waals surface area contributed by atoms with Crippen LogP contribution in [-0.4, -0.2) is 27.8 Å². The molecule has 0 bridgehead atoms. The SMILES string of the molecule is COC(=O)C1=C(C)Nc2ncnn2C1c1ccc(OCc2cccc(Cl)c2)cc1. The fourth-order valence-corrected chi connectivity index (χ4v) is 3.53. The van der Waals surface area contributed by atoms with Crippen molar-refractivity contribution in [1.29, 1.82) is 0 Å². The minimum absolute atomic E-state index is 0.410. The summed E-state index contributed by atoms with van der Waals surface area (Å²) in [5.74, 6) is 0.866. The molecule has 0 spiro atoms. The number of hydrogen-bond donors (Lipinski definition) is 1. The van der Waals surface area contributed by atoms with Crippen LogP contribution >= 0.6 is 11.6 Å². The van der Waals surface area contributed by atoms with E-state index in [0.717, 1.165) is 11.1 Å². The van der Waals surface area contributed by atoms with Gasteiger partial charge in [-0.05, 0) is 42.3 Å². The number of halogens is 1. The number of carbonyl (C=O) groups is 1. The van der Waals surface area contributed by atoms with Gasteiger partial charge in [-0.25, -0.2) is 9.48 Å². The Bertz CT molecular complexity index is 1080. The molecule has 1 atom stereocenters. The van der Waals surface area contributed by atoms with E-state index in [-0.39, 0.29) is 0 Å². The summed E-state index contributed by atoms with van der Waals surface area (Å²) >= 11 is 6.01. The molecular formula is C21H19ClN4O3. The summed E-state index contributed by atoms with van der Waals surface area (Å²) in [6.45, 7) is 2.23. The monoisotopic (exact) mass is 410 g/mol. The molecule has 1 unspecified atom stereocenters. The van der Waals surface area contributed by atoms with Crippen LogP contribution in [0.5, 0.6) is 5.75 Å². The number of carbonyl (C=O) groups excluding carboxylic acids is 1. The zero-order valence-electron chi connectivity index (χ0n) is 15.9. The van der Waals surface area contributed by atoms with Crippen LogP contribution in [0.2, 0.25) is 5.02 Å². The molecule has 1 aromatic heterocycles. The van der Waals surface area contributed by atoms with Gasteiger partial charge in [0.05, 0.1) is 12.7 Å². The number of esters is 1. The van der Waals surface area contributed by atoms with Crippen molar-refractivity contribution in [2.24, 2.45) is 0 Å². The first kappa shape index (κ1) is 19.0. The van der Waals surface area contributed by atoms with E-state index < -0.39 is 12.0 Å². The third-order valence-corrected chi connectivity index (χ3v) is 4.93. The summed E-state index contributed by atoms with van der Waals surface area (Å²) in [5.41, 5.74) is 3.02. The van der Waals surface area contributed by atoms with Gasteiger partial charge < -0.3 is 14.8 Å². The molecule has 1 aliphatic rings. The predicted octanol–water partition coefficient (Wildman–Crippen LogP) is 3.97. The summed E-state index contributed by atoms with van der Waals surface area (Å²) in [4.78, 5) is 16.6. The van der Waals surface area contributed by atoms with Crippen molar-refractivity contribution in [2.45, 2.75) is 19.6 Å². The van der Waals surface area contributed by atoms with Crippen LogP contribution in [0.1, 0.15) is 24.1 Å². The molecule has 0 aliphatic carbocycles. The number of hydrogen-bond acceptors (Lipinski definition) is 6. The number of nitrogens with zero attached hydrogens (tertiary/aromatic N) is 3. The fourth-order valence-electron chi connectivity index (χ4n) is 3.31. The number of fused-ring (bicyclic) bond motifs is 1. The average molecular weight is 411 g/mol. The standard InChI is InChI=1S/C21H19ClN4O3/c1-13-18(20(27)28-2)19(26-21(25-13)23-12-24-26)15-6-8-17(9-7-15)29-11-14-4-3-5-16(22)10-14/h3-10,12,19H,11H2,1-2H3,(H,23,24,25). The van der Waals surface area contributed by atoms with Crippen LogP contribution in [-0.2, 0) is 16.1 Å². The zero-order chi connectivity index (χ0) is 20.4. The van der Waals surface area contributed by atoms with Gasteiger partial charge >= 0.3 is 5.97 Å². The molecule has 3 aromatic rings. The Morgan fingerprint density at radius 2 is 2.03 bits per heavy atom. The quantitative estimate of drug-likeness (QED) is 0.641. The van der Waals surface area contributed by atoms with Crippen LogP contribution in [0, 0.1) is 0 Å². The molecule has 0 fully saturated rings. The lowest BCUT2D eigenvalue weighted by Crippen LogP contribution is -2.29. The maximum Gasteiger partial charge on any atom is 0.338 e. The first-order valence-corrected chi connectivity index (χ1v) is 9.37. The highest BCUT2D eigenvalue weighted by Crippen LogP contribution is 2.35. The van der Waals surface area contributed by atoms with Crippen molar-refractivity contribution in [2.75, 3.05) is 12.4 Å². The third kappa shape index (κ3) is 3.82. The lowest BCUT2D eigenvalue weighted by molar-refractivity contribution is -0.136. The minimum atomic E-state index is -0.442. The highest BCUT2D eigenvalue weighted by molar-refractivity contribution is 6.30. The van der Waals surface area contributed by atoms with Crippen molar-refractivity contribution in [3.05, 3.63) is 82.3 Å². The zero-order valence-corrected chi connectivity index (χ0v) is 16.7. The molecule has 4 rings (SSSR count). The predicted molar refractivity (Wildman–Crippen MR) is 109 cm³/mol. The molecule has 0 saturated carbocycles. The van der Waals surface area contributed by atoms with E-state index in [0.29, 0.717) is 34.6 Å². The van der Waals surface area contributed by atoms with Crippen LogP contribution in [0.4, 0.5) is 5.95 Å². The van der Waals surface area contributed by atoms with Gasteiger partial charge in [-0.15, -0.1) is 0 Å². The van der Waals surface area contributed by atoms with Crippen molar-refractivity contribution >= 4 is 23.5 Å². The topological polar surface area (TPSA) is 78.3 Å². The van der Waals surface area contributed by atoms with Gasteiger partial charge in [-0.3, -0.25) is 0 Å². The second kappa shape index (κ2) is 7.97. The summed E-state index contributed by atoms with van der Waals surface area (Å²) in [7, 11) is 1.36. The Labute approximate surface area is 172 Å². The molecule has 1 N–H and O–H groups in total. The van der Waals surface area contributed by atoms with E-state index in [9.17, 15) is 4.79 Å². The summed E-state index contributed by atoms with van der Waals surface area (Å²) in [6, 6.07) is 14.6. The van der Waals surface area contributed by atoms with Gasteiger partial charge in [0.1, 0.15) is 24.7 Å². The average Bonchev–Trinajstić information content (AvgIpc) is 3.19. The van der Waals surface area contributed by atoms with Crippen molar-refractivity contribution in [1.82, 2.24) is 14.8 Å². The Morgan fingerprint density at radius 1 is 1.24 bits per heavy atom. The van der Waals surface area contributed by atoms with E-state index in [2.05, 4.69) is 15.4 Å². The van der Waals surface area contributed by atoms with Crippen LogP contribution in [0.3, 0.4) is 0 Å². The first-order valence-electron chi connectivity index (χ1n) is 8.99. The van der Waals surface area contributed by atoms with Gasteiger partial charge in [0.15, 0.2) is 0 Å². The van der Waals surface area contributed by atoms with Gasteiger partial charge in [0.25, 0.3) is 0 Å². The van der Waals surface area contributed by atoms with Gasteiger partial charge in [0.2, 0.25) is 5.95 Å². The highest BCUT2D eigenvalue weighted by Gasteiger charge is 2.33. The largest absolute Gasteiger partial charge is 0.489 e. The molecule has 2 heterocycles. The summed E-state index contributed by atoms with van der Waals surface area (Å²) in [5, 5.41) is 8.05. The maximum atomic E-state index is 12.4. The van der Waals surface area contributed by atoms with Crippen LogP contribution < -0.4 is 10.1 Å². The number of ether oxygens (including phenoxy) is 2. The van der Waals surface area contributed by atoms with Crippen LogP contribution in [0.15, 0.2) is 66.1 Å². The number of rotatable bonds is 5. The number of nitrogens with one attached hydrogen (secondary N) is 1. The molecule has 2 aromatic carbocycles. The molecule has 8 heteroatoms. The Balaban J connectivity index is 1.59. The van der Waals surface area contributed by atoms with Crippen molar-refractivity contribution < 1.29 is 14.3 Å². The number of allylic oxidation sites excluding steroid dienone is 1. The Hall–Kier alpha value is -3.32. The van der Waals surface area contributed by atoms with Gasteiger partial charge in [0, 0.05) is 10.7 Å². The lowest BCUT2D eigenvalue weighted by atomic mass is 9.96. The number of anilines is 1. The van der Waals surface area contributed by atoms with Crippen molar-refractivity contribution in [3.8, 4) is 5.75 Å². The van der Waals surface area contributed by atoms with Gasteiger partial charge in [-0.2, -0.15) is 10.1 Å². The normalized spacial score (nSPS) is 15.5. The number of benzene rings is 2. The van der Waals surface area contributed by atoms with E-state index >= 15 is 0 Å². The molecule has 0 radical (unpaired) electrons. The van der Waals surface area contributed by atoms with Gasteiger partial charge in [-0.1, -0.05) is 35.9 Å². The highest BCUT2D eigenvalue weighted by atomic mass is 35.5. The Morgan fingerprint density at radius 3 is 2.76 bits per heavy atom. The van der Waals surface area contributed by atoms with E-state index in [4.69, 9.17) is 21.1 Å². The van der Waals surface area contributed by atoms with E-state index in [1.807, 2.05) is 55.5 Å². The molecule has 29 heavy (non-hydrogen) atoms. The number of methoxy groups -OCH3 is 1. The molecule has 0 amide bonds. The third-order valence-electron chi connectivity index (χ3n) is 4.69. The lowest BCUT2D eigenvalue weighted by Gasteiger charge is -2.28. The number of aromatic nitrogens is 3. The smallest absolute Gasteiger partial charge is 0.338 e. The second-order valence-electron chi connectivity index (χ2n) is 6.57. The summed E-state index contributed by atoms with van der Waals surface area (Å²) in [6.07, 6.45) is 1.45. The molecular weight excluding hydrogens is 392 g/mol. The fraction of sp³-hybridized carbons (Fsp3) is 0.190. The Kier molecular flexibility index (Phi) is 5.22. The maximum absolute atomic E-state index is 12.4. The molecule has 148 valence electrons. The minimum Gasteiger partial charge on any atom is -0.489 e. The van der Waals surface area contributed by atoms with Crippen molar-refractivity contribution in [3.63, 3.8) is 0 Å². The molecule has 1 aliphatic heterocycles. The molecule has 7 nitrogen and oxygen atoms in total. The first-order chi connectivity index (χ1) is 14.1. The second-order valence-corrected chi connectivity index (χ2v) is 7.01. The van der Waals surface area contributed by atoms with E-state index in [1.165, 1.54) is 13.4 Å². The molecule has 0 saturated heterocycles. The van der Waals surface area contributed by atoms with Crippen LogP contribution in [0.25, 0.3) is 0 Å².